The molecule has 1 saturated heterocycles. The Morgan fingerprint density at radius 2 is 1.89 bits per heavy atom. The van der Waals surface area contributed by atoms with Crippen LogP contribution in [0.2, 0.25) is 0 Å². The van der Waals surface area contributed by atoms with E-state index in [1.165, 1.54) is 0 Å². The van der Waals surface area contributed by atoms with E-state index >= 15 is 0 Å². The first-order valence-electron chi connectivity index (χ1n) is 9.04. The zero-order valence-electron chi connectivity index (χ0n) is 15.6. The summed E-state index contributed by atoms with van der Waals surface area (Å²) in [6, 6.07) is 11.2. The van der Waals surface area contributed by atoms with Crippen molar-refractivity contribution in [3.05, 3.63) is 48.2 Å². The number of amides is 2. The Hall–Kier alpha value is -3.09. The molecule has 0 bridgehead atoms. The molecule has 0 unspecified atom stereocenters. The van der Waals surface area contributed by atoms with Gasteiger partial charge in [0.2, 0.25) is 6.41 Å². The van der Waals surface area contributed by atoms with Crippen LogP contribution in [0.3, 0.4) is 0 Å². The molecule has 0 saturated carbocycles. The van der Waals surface area contributed by atoms with Crippen LogP contribution >= 0.6 is 0 Å². The summed E-state index contributed by atoms with van der Waals surface area (Å²) in [5.41, 5.74) is 1.36. The fourth-order valence-corrected chi connectivity index (χ4v) is 2.87. The summed E-state index contributed by atoms with van der Waals surface area (Å²) in [5.74, 6) is 1.32. The number of carbonyl (C=O) groups excluding carboxylic acids is 2. The Bertz CT molecular complexity index is 784. The molecular formula is C20H24N4O3. The lowest BCUT2D eigenvalue weighted by Crippen LogP contribution is -2.48. The standard InChI is InChI=1S/C20H24N4O3/c1-15(2)27-18-6-4-3-5-17(18)22-19-8-7-16(13-21-19)20(26)24-11-9-23(14-25)10-12-24/h3-8,13-15H,9-12H2,1-2H3,(H,21,22). The molecule has 27 heavy (non-hydrogen) atoms. The van der Waals surface area contributed by atoms with Gasteiger partial charge in [-0.15, -0.1) is 0 Å². The third-order valence-corrected chi connectivity index (χ3v) is 4.27. The van der Waals surface area contributed by atoms with Crippen LogP contribution in [0.4, 0.5) is 11.5 Å². The van der Waals surface area contributed by atoms with E-state index in [1.54, 1.807) is 28.1 Å². The van der Waals surface area contributed by atoms with Crippen molar-refractivity contribution in [2.24, 2.45) is 0 Å². The SMILES string of the molecule is CC(C)Oc1ccccc1Nc1ccc(C(=O)N2CCN(C=O)CC2)cn1. The smallest absolute Gasteiger partial charge is 0.255 e. The predicted octanol–water partition coefficient (Wildman–Crippen LogP) is 2.53. The Kier molecular flexibility index (Phi) is 5.90. The number of nitrogens with zero attached hydrogens (tertiary/aromatic N) is 3. The number of rotatable bonds is 6. The Morgan fingerprint density at radius 3 is 2.52 bits per heavy atom. The molecule has 1 N–H and O–H groups in total. The largest absolute Gasteiger partial charge is 0.489 e. The fourth-order valence-electron chi connectivity index (χ4n) is 2.87. The van der Waals surface area contributed by atoms with Gasteiger partial charge in [0, 0.05) is 32.4 Å². The summed E-state index contributed by atoms with van der Waals surface area (Å²) >= 11 is 0. The van der Waals surface area contributed by atoms with Crippen LogP contribution in [0.25, 0.3) is 0 Å². The molecule has 0 radical (unpaired) electrons. The summed E-state index contributed by atoms with van der Waals surface area (Å²) in [7, 11) is 0. The molecule has 1 fully saturated rings. The lowest BCUT2D eigenvalue weighted by Gasteiger charge is -2.32. The number of hydrogen-bond acceptors (Lipinski definition) is 5. The highest BCUT2D eigenvalue weighted by molar-refractivity contribution is 5.94. The molecule has 0 spiro atoms. The monoisotopic (exact) mass is 368 g/mol. The molecular weight excluding hydrogens is 344 g/mol. The average Bonchev–Trinajstić information content (AvgIpc) is 2.69. The van der Waals surface area contributed by atoms with Crippen molar-refractivity contribution < 1.29 is 14.3 Å². The van der Waals surface area contributed by atoms with Crippen molar-refractivity contribution in [2.75, 3.05) is 31.5 Å². The van der Waals surface area contributed by atoms with Gasteiger partial charge in [0.15, 0.2) is 0 Å². The van der Waals surface area contributed by atoms with E-state index in [1.807, 2.05) is 38.1 Å². The summed E-state index contributed by atoms with van der Waals surface area (Å²) in [6.45, 7) is 6.16. The van der Waals surface area contributed by atoms with Crippen LogP contribution in [-0.4, -0.2) is 59.4 Å². The number of benzene rings is 1. The van der Waals surface area contributed by atoms with Gasteiger partial charge in [-0.2, -0.15) is 0 Å². The molecule has 7 nitrogen and oxygen atoms in total. The first-order chi connectivity index (χ1) is 13.1. The molecule has 1 aliphatic rings. The molecule has 2 aromatic rings. The maximum Gasteiger partial charge on any atom is 0.255 e. The molecule has 1 aliphatic heterocycles. The summed E-state index contributed by atoms with van der Waals surface area (Å²) in [5, 5.41) is 3.23. The second-order valence-corrected chi connectivity index (χ2v) is 6.65. The van der Waals surface area contributed by atoms with Crippen molar-refractivity contribution in [1.29, 1.82) is 0 Å². The zero-order valence-corrected chi connectivity index (χ0v) is 15.6. The highest BCUT2D eigenvalue weighted by Crippen LogP contribution is 2.27. The number of ether oxygens (including phenoxy) is 1. The number of piperazine rings is 1. The number of anilines is 2. The normalized spacial score (nSPS) is 14.2. The maximum atomic E-state index is 12.6. The van der Waals surface area contributed by atoms with E-state index in [4.69, 9.17) is 4.74 Å². The highest BCUT2D eigenvalue weighted by atomic mass is 16.5. The first-order valence-corrected chi connectivity index (χ1v) is 9.04. The topological polar surface area (TPSA) is 74.8 Å². The van der Waals surface area contributed by atoms with Crippen molar-refractivity contribution in [2.45, 2.75) is 20.0 Å². The zero-order chi connectivity index (χ0) is 19.2. The average molecular weight is 368 g/mol. The second-order valence-electron chi connectivity index (χ2n) is 6.65. The molecule has 1 aromatic carbocycles. The third kappa shape index (κ3) is 4.75. The van der Waals surface area contributed by atoms with E-state index in [0.717, 1.165) is 17.8 Å². The quantitative estimate of drug-likeness (QED) is 0.793. The molecule has 3 rings (SSSR count). The van der Waals surface area contributed by atoms with Gasteiger partial charge < -0.3 is 19.9 Å². The van der Waals surface area contributed by atoms with Crippen LogP contribution in [0.1, 0.15) is 24.2 Å². The van der Waals surface area contributed by atoms with E-state index in [-0.39, 0.29) is 12.0 Å². The van der Waals surface area contributed by atoms with Crippen LogP contribution in [0, 0.1) is 0 Å². The van der Waals surface area contributed by atoms with Crippen LogP contribution in [0.5, 0.6) is 5.75 Å². The number of hydrogen-bond donors (Lipinski definition) is 1. The molecule has 142 valence electrons. The minimum absolute atomic E-state index is 0.0665. The molecule has 1 aromatic heterocycles. The molecule has 2 heterocycles. The van der Waals surface area contributed by atoms with Crippen LogP contribution < -0.4 is 10.1 Å². The molecule has 2 amide bonds. The van der Waals surface area contributed by atoms with Crippen LogP contribution in [0.15, 0.2) is 42.6 Å². The molecule has 0 aliphatic carbocycles. The summed E-state index contributed by atoms with van der Waals surface area (Å²) < 4.78 is 5.80. The second kappa shape index (κ2) is 8.53. The number of pyridine rings is 1. The number of aromatic nitrogens is 1. The fraction of sp³-hybridized carbons (Fsp3) is 0.350. The summed E-state index contributed by atoms with van der Waals surface area (Å²) in [4.78, 5) is 31.1. The minimum atomic E-state index is -0.0665. The third-order valence-electron chi connectivity index (χ3n) is 4.27. The van der Waals surface area contributed by atoms with E-state index in [2.05, 4.69) is 10.3 Å². The first kappa shape index (κ1) is 18.7. The maximum absolute atomic E-state index is 12.6. The van der Waals surface area contributed by atoms with Crippen molar-refractivity contribution in [3.8, 4) is 5.75 Å². The Balaban J connectivity index is 1.66. The van der Waals surface area contributed by atoms with Gasteiger partial charge in [-0.3, -0.25) is 9.59 Å². The summed E-state index contributed by atoms with van der Waals surface area (Å²) in [6.07, 6.45) is 2.47. The van der Waals surface area contributed by atoms with E-state index in [9.17, 15) is 9.59 Å². The highest BCUT2D eigenvalue weighted by Gasteiger charge is 2.21. The van der Waals surface area contributed by atoms with Crippen LogP contribution in [-0.2, 0) is 4.79 Å². The van der Waals surface area contributed by atoms with E-state index < -0.39 is 0 Å². The van der Waals surface area contributed by atoms with Crippen molar-refractivity contribution in [3.63, 3.8) is 0 Å². The number of nitrogens with one attached hydrogen (secondary N) is 1. The van der Waals surface area contributed by atoms with Gasteiger partial charge in [0.25, 0.3) is 5.91 Å². The number of para-hydroxylation sites is 2. The predicted molar refractivity (Wildman–Crippen MR) is 103 cm³/mol. The minimum Gasteiger partial charge on any atom is -0.489 e. The van der Waals surface area contributed by atoms with Gasteiger partial charge in [0.1, 0.15) is 11.6 Å². The van der Waals surface area contributed by atoms with Crippen molar-refractivity contribution in [1.82, 2.24) is 14.8 Å². The lowest BCUT2D eigenvalue weighted by atomic mass is 10.2. The molecule has 7 heteroatoms. The van der Waals surface area contributed by atoms with Gasteiger partial charge in [-0.25, -0.2) is 4.98 Å². The van der Waals surface area contributed by atoms with E-state index in [0.29, 0.717) is 37.6 Å². The number of carbonyl (C=O) groups is 2. The van der Waals surface area contributed by atoms with Gasteiger partial charge >= 0.3 is 0 Å². The lowest BCUT2D eigenvalue weighted by molar-refractivity contribution is -0.119. The van der Waals surface area contributed by atoms with Gasteiger partial charge in [-0.05, 0) is 38.1 Å². The van der Waals surface area contributed by atoms with Gasteiger partial charge in [0.05, 0.1) is 17.4 Å². The Labute approximate surface area is 158 Å². The molecule has 0 atom stereocenters. The van der Waals surface area contributed by atoms with Gasteiger partial charge in [-0.1, -0.05) is 12.1 Å². The van der Waals surface area contributed by atoms with Crippen molar-refractivity contribution >= 4 is 23.8 Å². The Morgan fingerprint density at radius 1 is 1.15 bits per heavy atom.